The van der Waals surface area contributed by atoms with Gasteiger partial charge in [0.1, 0.15) is 5.75 Å². The number of aromatic nitrogens is 1. The Balaban J connectivity index is 1.49. The quantitative estimate of drug-likeness (QED) is 0.942. The van der Waals surface area contributed by atoms with Crippen LogP contribution in [-0.2, 0) is 6.54 Å². The lowest BCUT2D eigenvalue weighted by atomic mass is 9.74. The molecule has 1 saturated carbocycles. The van der Waals surface area contributed by atoms with E-state index >= 15 is 0 Å². The van der Waals surface area contributed by atoms with Gasteiger partial charge in [0.25, 0.3) is 0 Å². The molecule has 2 fully saturated rings. The fourth-order valence-electron chi connectivity index (χ4n) is 3.81. The summed E-state index contributed by atoms with van der Waals surface area (Å²) in [6.45, 7) is 5.66. The van der Waals surface area contributed by atoms with Gasteiger partial charge in [-0.1, -0.05) is 6.07 Å². The lowest BCUT2D eigenvalue weighted by molar-refractivity contribution is -0.00435. The average molecular weight is 298 g/mol. The number of likely N-dealkylation sites (tertiary alicyclic amines) is 1. The molecule has 4 nitrogen and oxygen atoms in total. The van der Waals surface area contributed by atoms with Gasteiger partial charge in [0.05, 0.1) is 23.9 Å². The molecule has 1 aliphatic heterocycles. The van der Waals surface area contributed by atoms with Gasteiger partial charge < -0.3 is 9.84 Å². The van der Waals surface area contributed by atoms with Crippen LogP contribution in [0.5, 0.6) is 5.75 Å². The third kappa shape index (κ3) is 2.46. The number of ether oxygens (including phenoxy) is 1. The molecule has 0 bridgehead atoms. The average Bonchev–Trinajstić information content (AvgIpc) is 2.84. The Morgan fingerprint density at radius 3 is 2.95 bits per heavy atom. The Morgan fingerprint density at radius 1 is 1.27 bits per heavy atom. The summed E-state index contributed by atoms with van der Waals surface area (Å²) in [5.41, 5.74) is 2.12. The number of hydrogen-bond acceptors (Lipinski definition) is 4. The van der Waals surface area contributed by atoms with Crippen molar-refractivity contribution in [2.45, 2.75) is 26.0 Å². The summed E-state index contributed by atoms with van der Waals surface area (Å²) in [5, 5.41) is 10.9. The number of fused-ring (bicyclic) bond motifs is 2. The van der Waals surface area contributed by atoms with Crippen molar-refractivity contribution >= 4 is 10.9 Å². The molecule has 4 rings (SSSR count). The maximum Gasteiger partial charge on any atom is 0.120 e. The number of aliphatic hydroxyl groups excluding tert-OH is 1. The first kappa shape index (κ1) is 14.0. The highest BCUT2D eigenvalue weighted by molar-refractivity contribution is 5.80. The summed E-state index contributed by atoms with van der Waals surface area (Å²) in [5.74, 6) is 2.09. The number of benzene rings is 1. The number of aliphatic hydroxyl groups is 1. The van der Waals surface area contributed by atoms with Crippen LogP contribution in [0.4, 0.5) is 0 Å². The van der Waals surface area contributed by atoms with Crippen LogP contribution >= 0.6 is 0 Å². The number of hydrogen-bond donors (Lipinski definition) is 1. The van der Waals surface area contributed by atoms with Gasteiger partial charge in [-0.2, -0.15) is 0 Å². The van der Waals surface area contributed by atoms with Crippen LogP contribution in [0.2, 0.25) is 0 Å². The molecule has 0 spiro atoms. The summed E-state index contributed by atoms with van der Waals surface area (Å²) in [6.07, 6.45) is 0.906. The number of pyridine rings is 1. The van der Waals surface area contributed by atoms with Crippen molar-refractivity contribution < 1.29 is 9.84 Å². The van der Waals surface area contributed by atoms with E-state index in [1.54, 1.807) is 0 Å². The molecule has 22 heavy (non-hydrogen) atoms. The minimum Gasteiger partial charge on any atom is -0.494 e. The lowest BCUT2D eigenvalue weighted by Gasteiger charge is -2.35. The molecule has 0 unspecified atom stereocenters. The molecule has 0 radical (unpaired) electrons. The highest BCUT2D eigenvalue weighted by Gasteiger charge is 2.45. The van der Waals surface area contributed by atoms with Crippen LogP contribution in [0, 0.1) is 11.8 Å². The largest absolute Gasteiger partial charge is 0.494 e. The van der Waals surface area contributed by atoms with E-state index in [2.05, 4.69) is 17.0 Å². The van der Waals surface area contributed by atoms with Crippen LogP contribution in [0.3, 0.4) is 0 Å². The van der Waals surface area contributed by atoms with Crippen LogP contribution in [0.15, 0.2) is 30.3 Å². The first-order valence-electron chi connectivity index (χ1n) is 8.16. The topological polar surface area (TPSA) is 45.6 Å². The molecular weight excluding hydrogens is 276 g/mol. The summed E-state index contributed by atoms with van der Waals surface area (Å²) in [7, 11) is 0. The van der Waals surface area contributed by atoms with Gasteiger partial charge in [-0.15, -0.1) is 0 Å². The second-order valence-corrected chi connectivity index (χ2v) is 6.51. The molecule has 1 N–H and O–H groups in total. The molecule has 116 valence electrons. The van der Waals surface area contributed by atoms with Gasteiger partial charge in [-0.05, 0) is 43.5 Å². The maximum absolute atomic E-state index is 9.76. The van der Waals surface area contributed by atoms with Crippen molar-refractivity contribution in [3.05, 3.63) is 36.0 Å². The van der Waals surface area contributed by atoms with Crippen molar-refractivity contribution in [3.63, 3.8) is 0 Å². The fourth-order valence-corrected chi connectivity index (χ4v) is 3.81. The molecule has 0 amide bonds. The second-order valence-electron chi connectivity index (χ2n) is 6.51. The molecule has 2 aromatic rings. The molecule has 1 aliphatic carbocycles. The zero-order valence-corrected chi connectivity index (χ0v) is 12.9. The third-order valence-electron chi connectivity index (χ3n) is 5.02. The Hall–Kier alpha value is -1.65. The lowest BCUT2D eigenvalue weighted by Crippen LogP contribution is -2.39. The summed E-state index contributed by atoms with van der Waals surface area (Å²) in [6, 6.07) is 10.3. The Kier molecular flexibility index (Phi) is 3.51. The van der Waals surface area contributed by atoms with Gasteiger partial charge in [-0.25, -0.2) is 0 Å². The van der Waals surface area contributed by atoms with E-state index < -0.39 is 0 Å². The van der Waals surface area contributed by atoms with Gasteiger partial charge >= 0.3 is 0 Å². The first-order valence-corrected chi connectivity index (χ1v) is 8.16. The van der Waals surface area contributed by atoms with E-state index in [1.807, 2.05) is 25.1 Å². The number of nitrogens with zero attached hydrogens (tertiary/aromatic N) is 2. The smallest absolute Gasteiger partial charge is 0.120 e. The predicted octanol–water partition coefficient (Wildman–Crippen LogP) is 2.45. The summed E-state index contributed by atoms with van der Waals surface area (Å²) in [4.78, 5) is 7.19. The van der Waals surface area contributed by atoms with Crippen molar-refractivity contribution in [1.29, 1.82) is 0 Å². The zero-order chi connectivity index (χ0) is 15.1. The van der Waals surface area contributed by atoms with Crippen LogP contribution in [-0.4, -0.2) is 40.8 Å². The highest BCUT2D eigenvalue weighted by Crippen LogP contribution is 2.41. The van der Waals surface area contributed by atoms with Gasteiger partial charge in [-0.3, -0.25) is 9.88 Å². The van der Waals surface area contributed by atoms with Crippen molar-refractivity contribution in [3.8, 4) is 5.75 Å². The Morgan fingerprint density at radius 2 is 2.18 bits per heavy atom. The van der Waals surface area contributed by atoms with Gasteiger partial charge in [0.15, 0.2) is 0 Å². The first-order chi connectivity index (χ1) is 10.7. The molecule has 3 atom stereocenters. The third-order valence-corrected chi connectivity index (χ3v) is 5.02. The molecule has 1 saturated heterocycles. The molecule has 1 aromatic heterocycles. The van der Waals surface area contributed by atoms with Crippen molar-refractivity contribution in [1.82, 2.24) is 9.88 Å². The van der Waals surface area contributed by atoms with Gasteiger partial charge in [0, 0.05) is 30.9 Å². The van der Waals surface area contributed by atoms with Crippen molar-refractivity contribution in [2.24, 2.45) is 11.8 Å². The van der Waals surface area contributed by atoms with E-state index in [-0.39, 0.29) is 6.10 Å². The minimum atomic E-state index is -0.0726. The SMILES string of the molecule is CCOc1ccc2nc(CN3C[C@H]4C[C@H](O)[C@H]4C3)ccc2c1. The zero-order valence-electron chi connectivity index (χ0n) is 12.9. The standard InChI is InChI=1S/C18H22N2O2/c1-2-22-15-5-6-17-12(7-15)3-4-14(19-17)10-20-9-13-8-18(21)16(13)11-20/h3-7,13,16,18,21H,2,8-11H2,1H3/t13-,16+,18+/m1/s1. The van der Waals surface area contributed by atoms with Gasteiger partial charge in [0.2, 0.25) is 0 Å². The maximum atomic E-state index is 9.76. The minimum absolute atomic E-state index is 0.0726. The molecule has 2 heterocycles. The van der Waals surface area contributed by atoms with Crippen LogP contribution < -0.4 is 4.74 Å². The molecular formula is C18H22N2O2. The summed E-state index contributed by atoms with van der Waals surface area (Å²) < 4.78 is 5.53. The second kappa shape index (κ2) is 5.52. The van der Waals surface area contributed by atoms with E-state index in [1.165, 1.54) is 0 Å². The Labute approximate surface area is 130 Å². The van der Waals surface area contributed by atoms with E-state index in [4.69, 9.17) is 9.72 Å². The molecule has 2 aliphatic rings. The van der Waals surface area contributed by atoms with E-state index in [9.17, 15) is 5.11 Å². The highest BCUT2D eigenvalue weighted by atomic mass is 16.5. The normalized spacial score (nSPS) is 27.6. The van der Waals surface area contributed by atoms with E-state index in [0.29, 0.717) is 18.4 Å². The Bertz CT molecular complexity index is 688. The molecule has 4 heteroatoms. The molecule has 1 aromatic carbocycles. The monoisotopic (exact) mass is 298 g/mol. The summed E-state index contributed by atoms with van der Waals surface area (Å²) >= 11 is 0. The van der Waals surface area contributed by atoms with Crippen LogP contribution in [0.25, 0.3) is 10.9 Å². The van der Waals surface area contributed by atoms with E-state index in [0.717, 1.165) is 48.4 Å². The van der Waals surface area contributed by atoms with Crippen molar-refractivity contribution in [2.75, 3.05) is 19.7 Å². The van der Waals surface area contributed by atoms with Crippen LogP contribution in [0.1, 0.15) is 19.0 Å². The predicted molar refractivity (Wildman–Crippen MR) is 85.8 cm³/mol. The number of rotatable bonds is 4. The fraction of sp³-hybridized carbons (Fsp3) is 0.500.